The number of carboxylic acid groups (broad SMARTS) is 2. The zero-order chi connectivity index (χ0) is 16.9. The Labute approximate surface area is 131 Å². The number of fused-ring (bicyclic) bond motifs is 3. The van der Waals surface area contributed by atoms with Crippen molar-refractivity contribution in [2.45, 2.75) is 6.92 Å². The molecule has 3 rings (SSSR count). The van der Waals surface area contributed by atoms with E-state index >= 15 is 0 Å². The predicted octanol–water partition coefficient (Wildman–Crippen LogP) is 3.04. The van der Waals surface area contributed by atoms with Crippen molar-refractivity contribution >= 4 is 33.7 Å². The number of aromatic nitrogens is 1. The third-order valence-electron chi connectivity index (χ3n) is 4.18. The first-order valence-electron chi connectivity index (χ1n) is 6.93. The summed E-state index contributed by atoms with van der Waals surface area (Å²) in [4.78, 5) is 23.0. The molecule has 0 bridgehead atoms. The van der Waals surface area contributed by atoms with Gasteiger partial charge in [0.15, 0.2) is 0 Å². The van der Waals surface area contributed by atoms with Gasteiger partial charge in [0, 0.05) is 23.3 Å². The van der Waals surface area contributed by atoms with Crippen LogP contribution in [0.25, 0.3) is 21.8 Å². The van der Waals surface area contributed by atoms with Crippen molar-refractivity contribution in [3.05, 3.63) is 41.0 Å². The molecule has 1 aromatic heterocycles. The van der Waals surface area contributed by atoms with Crippen molar-refractivity contribution in [1.82, 2.24) is 4.57 Å². The first-order valence-corrected chi connectivity index (χ1v) is 6.93. The van der Waals surface area contributed by atoms with Crippen molar-refractivity contribution in [3.63, 3.8) is 0 Å². The van der Waals surface area contributed by atoms with Crippen LogP contribution < -0.4 is 4.74 Å². The van der Waals surface area contributed by atoms with E-state index in [0.29, 0.717) is 22.2 Å². The van der Waals surface area contributed by atoms with Crippen molar-refractivity contribution < 1.29 is 24.5 Å². The van der Waals surface area contributed by atoms with Crippen molar-refractivity contribution in [3.8, 4) is 5.75 Å². The summed E-state index contributed by atoms with van der Waals surface area (Å²) in [5, 5.41) is 20.3. The number of benzene rings is 2. The minimum atomic E-state index is -1.26. The number of nitrogens with zero attached hydrogens (tertiary/aromatic N) is 1. The molecule has 1 heterocycles. The van der Waals surface area contributed by atoms with Gasteiger partial charge in [-0.1, -0.05) is 0 Å². The Morgan fingerprint density at radius 3 is 2.35 bits per heavy atom. The summed E-state index contributed by atoms with van der Waals surface area (Å²) in [6.45, 7) is 1.63. The van der Waals surface area contributed by atoms with E-state index in [0.717, 1.165) is 10.9 Å². The minimum absolute atomic E-state index is 0.178. The largest absolute Gasteiger partial charge is 0.497 e. The highest BCUT2D eigenvalue weighted by Gasteiger charge is 2.24. The van der Waals surface area contributed by atoms with Gasteiger partial charge in [0.2, 0.25) is 0 Å². The topological polar surface area (TPSA) is 88.8 Å². The molecule has 2 aromatic carbocycles. The van der Waals surface area contributed by atoms with E-state index in [1.165, 1.54) is 6.07 Å². The molecule has 0 aliphatic heterocycles. The summed E-state index contributed by atoms with van der Waals surface area (Å²) < 4.78 is 7.10. The molecule has 0 fully saturated rings. The Hall–Kier alpha value is -3.02. The summed E-state index contributed by atoms with van der Waals surface area (Å²) >= 11 is 0. The highest BCUT2D eigenvalue weighted by atomic mass is 16.5. The zero-order valence-electron chi connectivity index (χ0n) is 12.9. The van der Waals surface area contributed by atoms with Gasteiger partial charge in [-0.25, -0.2) is 9.59 Å². The Balaban J connectivity index is 2.57. The normalized spacial score (nSPS) is 11.1. The average molecular weight is 313 g/mol. The van der Waals surface area contributed by atoms with E-state index in [1.807, 2.05) is 29.8 Å². The molecule has 3 aromatic rings. The molecule has 0 radical (unpaired) electrons. The van der Waals surface area contributed by atoms with Crippen LogP contribution in [0.15, 0.2) is 24.3 Å². The number of carbonyl (C=O) groups is 2. The molecular weight excluding hydrogens is 298 g/mol. The Morgan fingerprint density at radius 2 is 1.78 bits per heavy atom. The van der Waals surface area contributed by atoms with Gasteiger partial charge in [0.25, 0.3) is 0 Å². The van der Waals surface area contributed by atoms with Crippen LogP contribution in [0.4, 0.5) is 0 Å². The lowest BCUT2D eigenvalue weighted by Crippen LogP contribution is -2.11. The Morgan fingerprint density at radius 1 is 1.09 bits per heavy atom. The summed E-state index contributed by atoms with van der Waals surface area (Å²) in [6, 6.07) is 6.93. The molecule has 0 saturated heterocycles. The van der Waals surface area contributed by atoms with Gasteiger partial charge in [0.05, 0.1) is 23.8 Å². The smallest absolute Gasteiger partial charge is 0.336 e. The number of rotatable bonds is 3. The highest BCUT2D eigenvalue weighted by Crippen LogP contribution is 2.35. The van der Waals surface area contributed by atoms with Crippen LogP contribution in [0.2, 0.25) is 0 Å². The van der Waals surface area contributed by atoms with E-state index in [-0.39, 0.29) is 11.1 Å². The van der Waals surface area contributed by atoms with Crippen molar-refractivity contribution in [1.29, 1.82) is 0 Å². The molecule has 6 nitrogen and oxygen atoms in total. The van der Waals surface area contributed by atoms with Gasteiger partial charge in [-0.05, 0) is 36.8 Å². The van der Waals surface area contributed by atoms with Gasteiger partial charge >= 0.3 is 11.9 Å². The van der Waals surface area contributed by atoms with E-state index in [4.69, 9.17) is 4.74 Å². The van der Waals surface area contributed by atoms with E-state index < -0.39 is 11.9 Å². The maximum atomic E-state index is 11.5. The van der Waals surface area contributed by atoms with E-state index in [1.54, 1.807) is 14.0 Å². The predicted molar refractivity (Wildman–Crippen MR) is 85.6 cm³/mol. The number of ether oxygens (including phenoxy) is 1. The minimum Gasteiger partial charge on any atom is -0.497 e. The fraction of sp³-hybridized carbons (Fsp3) is 0.176. The fourth-order valence-electron chi connectivity index (χ4n) is 3.16. The number of aryl methyl sites for hydroxylation is 2. The molecule has 0 atom stereocenters. The lowest BCUT2D eigenvalue weighted by molar-refractivity contribution is 0.0651. The second-order valence-corrected chi connectivity index (χ2v) is 5.37. The van der Waals surface area contributed by atoms with Gasteiger partial charge in [-0.2, -0.15) is 0 Å². The van der Waals surface area contributed by atoms with Gasteiger partial charge in [0.1, 0.15) is 5.75 Å². The molecule has 118 valence electrons. The summed E-state index contributed by atoms with van der Waals surface area (Å²) in [7, 11) is 3.39. The first-order chi connectivity index (χ1) is 10.9. The standard InChI is InChI=1S/C17H15NO5/c1-8-14(17(21)22)12(16(19)20)7-11-10-6-9(23-3)4-5-13(10)18(2)15(8)11/h4-7H,1-3H3,(H,19,20)(H,21,22). The molecular formula is C17H15NO5. The second kappa shape index (κ2) is 5.01. The Kier molecular flexibility index (Phi) is 3.25. The molecule has 0 unspecified atom stereocenters. The molecule has 0 amide bonds. The van der Waals surface area contributed by atoms with Crippen LogP contribution in [-0.4, -0.2) is 33.8 Å². The molecule has 23 heavy (non-hydrogen) atoms. The highest BCUT2D eigenvalue weighted by molar-refractivity contribution is 6.15. The fourth-order valence-corrected chi connectivity index (χ4v) is 3.16. The molecule has 6 heteroatoms. The number of hydrogen-bond acceptors (Lipinski definition) is 3. The van der Waals surface area contributed by atoms with Crippen molar-refractivity contribution in [2.75, 3.05) is 7.11 Å². The molecule has 0 spiro atoms. The molecule has 0 aliphatic carbocycles. The van der Waals surface area contributed by atoms with E-state index in [2.05, 4.69) is 0 Å². The van der Waals surface area contributed by atoms with Gasteiger partial charge < -0.3 is 19.5 Å². The first kappa shape index (κ1) is 14.9. The maximum Gasteiger partial charge on any atom is 0.336 e. The summed E-state index contributed by atoms with van der Waals surface area (Å²) in [5.74, 6) is -1.85. The monoisotopic (exact) mass is 313 g/mol. The molecule has 2 N–H and O–H groups in total. The number of methoxy groups -OCH3 is 1. The van der Waals surface area contributed by atoms with Gasteiger partial charge in [-0.15, -0.1) is 0 Å². The summed E-state index contributed by atoms with van der Waals surface area (Å²) in [5.41, 5.74) is 1.63. The third kappa shape index (κ3) is 2.03. The third-order valence-corrected chi connectivity index (χ3v) is 4.18. The maximum absolute atomic E-state index is 11.5. The van der Waals surface area contributed by atoms with E-state index in [9.17, 15) is 19.8 Å². The van der Waals surface area contributed by atoms with Crippen LogP contribution in [0.3, 0.4) is 0 Å². The lowest BCUT2D eigenvalue weighted by Gasteiger charge is -2.09. The summed E-state index contributed by atoms with van der Waals surface area (Å²) in [6.07, 6.45) is 0. The number of hydrogen-bond donors (Lipinski definition) is 2. The lowest BCUT2D eigenvalue weighted by atomic mass is 9.97. The van der Waals surface area contributed by atoms with Crippen LogP contribution in [0, 0.1) is 6.92 Å². The number of aromatic carboxylic acids is 2. The zero-order valence-corrected chi connectivity index (χ0v) is 12.9. The average Bonchev–Trinajstić information content (AvgIpc) is 2.79. The molecule has 0 saturated carbocycles. The van der Waals surface area contributed by atoms with Crippen LogP contribution in [0.1, 0.15) is 26.3 Å². The van der Waals surface area contributed by atoms with Crippen LogP contribution in [-0.2, 0) is 7.05 Å². The quantitative estimate of drug-likeness (QED) is 0.776. The Bertz CT molecular complexity index is 984. The number of carboxylic acids is 2. The van der Waals surface area contributed by atoms with Crippen molar-refractivity contribution in [2.24, 2.45) is 7.05 Å². The van der Waals surface area contributed by atoms with Crippen LogP contribution in [0.5, 0.6) is 5.75 Å². The SMILES string of the molecule is COc1ccc2c(c1)c1cc(C(=O)O)c(C(=O)O)c(C)c1n2C. The molecule has 0 aliphatic rings. The second-order valence-electron chi connectivity index (χ2n) is 5.37. The van der Waals surface area contributed by atoms with Gasteiger partial charge in [-0.3, -0.25) is 0 Å². The van der Waals surface area contributed by atoms with Crippen LogP contribution >= 0.6 is 0 Å².